The van der Waals surface area contributed by atoms with Crippen LogP contribution in [0, 0.1) is 16.9 Å². The van der Waals surface area contributed by atoms with E-state index in [1.165, 1.54) is 5.56 Å². The number of nitrogens with zero attached hydrogens (tertiary/aromatic N) is 2. The smallest absolute Gasteiger partial charge is 0.132 e. The second-order valence-electron chi connectivity index (χ2n) is 7.28. The molecule has 0 saturated carbocycles. The minimum absolute atomic E-state index is 0.0230. The van der Waals surface area contributed by atoms with E-state index in [1.807, 2.05) is 12.1 Å². The molecule has 2 heteroatoms. The van der Waals surface area contributed by atoms with Crippen molar-refractivity contribution in [3.63, 3.8) is 0 Å². The predicted molar refractivity (Wildman–Crippen MR) is 78.8 cm³/mol. The van der Waals surface area contributed by atoms with Crippen molar-refractivity contribution in [1.82, 2.24) is 0 Å². The van der Waals surface area contributed by atoms with E-state index in [0.29, 0.717) is 0 Å². The Bertz CT molecular complexity index is 512. The van der Waals surface area contributed by atoms with Gasteiger partial charge in [-0.25, -0.2) is 0 Å². The molecular formula is C17H23N2. The molecule has 101 valence electrons. The van der Waals surface area contributed by atoms with Gasteiger partial charge in [-0.05, 0) is 23.1 Å². The largest absolute Gasteiger partial charge is 0.172 e. The van der Waals surface area contributed by atoms with Crippen molar-refractivity contribution in [2.24, 2.45) is 21.1 Å². The molecule has 1 radical (unpaired) electrons. The third kappa shape index (κ3) is 2.36. The molecular weight excluding hydrogens is 232 g/mol. The standard InChI is InChI=1S/C17H23N2/c1-15(2,3)14-12-17(19-18-14,16(4,5)6)13-10-8-7-9-11-13/h8-12H,1-6H3. The molecule has 1 unspecified atom stereocenters. The first-order valence-electron chi connectivity index (χ1n) is 6.80. The molecule has 1 aromatic rings. The van der Waals surface area contributed by atoms with Crippen molar-refractivity contribution in [2.75, 3.05) is 0 Å². The van der Waals surface area contributed by atoms with E-state index in [9.17, 15) is 0 Å². The Hall–Kier alpha value is -1.44. The highest BCUT2D eigenvalue weighted by atomic mass is 15.2. The Morgan fingerprint density at radius 1 is 1.00 bits per heavy atom. The first-order valence-corrected chi connectivity index (χ1v) is 6.80. The van der Waals surface area contributed by atoms with Crippen LogP contribution in [0.2, 0.25) is 0 Å². The van der Waals surface area contributed by atoms with E-state index in [2.05, 4.69) is 76.0 Å². The Kier molecular flexibility index (Phi) is 3.16. The van der Waals surface area contributed by atoms with E-state index in [4.69, 9.17) is 0 Å². The Morgan fingerprint density at radius 3 is 2.00 bits per heavy atom. The number of hydrogen-bond acceptors (Lipinski definition) is 2. The highest BCUT2D eigenvalue weighted by Crippen LogP contribution is 2.50. The fourth-order valence-electron chi connectivity index (χ4n) is 2.34. The maximum Gasteiger partial charge on any atom is 0.132 e. The first kappa shape index (κ1) is 14.0. The van der Waals surface area contributed by atoms with Gasteiger partial charge in [-0.15, -0.1) is 0 Å². The van der Waals surface area contributed by atoms with Crippen molar-refractivity contribution in [2.45, 2.75) is 47.1 Å². The minimum Gasteiger partial charge on any atom is -0.172 e. The molecule has 0 spiro atoms. The molecule has 0 fully saturated rings. The maximum atomic E-state index is 4.68. The molecule has 1 aliphatic heterocycles. The lowest BCUT2D eigenvalue weighted by Crippen LogP contribution is -2.35. The normalized spacial score (nSPS) is 23.6. The lowest BCUT2D eigenvalue weighted by molar-refractivity contribution is 0.244. The van der Waals surface area contributed by atoms with Crippen molar-refractivity contribution in [3.05, 3.63) is 47.7 Å². The summed E-state index contributed by atoms with van der Waals surface area (Å²) in [4.78, 5) is 0. The van der Waals surface area contributed by atoms with E-state index in [0.717, 1.165) is 5.70 Å². The van der Waals surface area contributed by atoms with Crippen LogP contribution in [0.5, 0.6) is 0 Å². The number of benzene rings is 1. The van der Waals surface area contributed by atoms with Crippen LogP contribution in [0.25, 0.3) is 0 Å². The zero-order valence-electron chi connectivity index (χ0n) is 12.8. The molecule has 2 rings (SSSR count). The van der Waals surface area contributed by atoms with Crippen LogP contribution >= 0.6 is 0 Å². The number of azo groups is 1. The van der Waals surface area contributed by atoms with Crippen molar-refractivity contribution < 1.29 is 0 Å². The second kappa shape index (κ2) is 4.29. The molecule has 19 heavy (non-hydrogen) atoms. The van der Waals surface area contributed by atoms with Crippen LogP contribution in [0.4, 0.5) is 0 Å². The lowest BCUT2D eigenvalue weighted by atomic mass is 9.69. The Morgan fingerprint density at radius 2 is 1.58 bits per heavy atom. The van der Waals surface area contributed by atoms with Crippen molar-refractivity contribution in [1.29, 1.82) is 0 Å². The van der Waals surface area contributed by atoms with Gasteiger partial charge in [0.15, 0.2) is 0 Å². The van der Waals surface area contributed by atoms with Gasteiger partial charge in [-0.1, -0.05) is 65.8 Å². The molecule has 1 aliphatic rings. The average molecular weight is 255 g/mol. The summed E-state index contributed by atoms with van der Waals surface area (Å²) in [7, 11) is 0. The summed E-state index contributed by atoms with van der Waals surface area (Å²) in [6.07, 6.45) is 2.24. The number of hydrogen-bond donors (Lipinski definition) is 0. The molecule has 0 bridgehead atoms. The van der Waals surface area contributed by atoms with Crippen molar-refractivity contribution >= 4 is 0 Å². The van der Waals surface area contributed by atoms with Crippen LogP contribution < -0.4 is 0 Å². The van der Waals surface area contributed by atoms with Crippen LogP contribution in [0.3, 0.4) is 0 Å². The van der Waals surface area contributed by atoms with Gasteiger partial charge in [0.2, 0.25) is 0 Å². The Balaban J connectivity index is 2.59. The fraction of sp³-hybridized carbons (Fsp3) is 0.529. The Labute approximate surface area is 116 Å². The van der Waals surface area contributed by atoms with E-state index >= 15 is 0 Å². The van der Waals surface area contributed by atoms with Crippen LogP contribution in [-0.2, 0) is 5.54 Å². The van der Waals surface area contributed by atoms with Crippen molar-refractivity contribution in [3.8, 4) is 0 Å². The molecule has 1 atom stereocenters. The summed E-state index contributed by atoms with van der Waals surface area (Å²) in [5.74, 6) is 0. The van der Waals surface area contributed by atoms with Gasteiger partial charge in [0.1, 0.15) is 5.54 Å². The van der Waals surface area contributed by atoms with Crippen LogP contribution in [0.15, 0.2) is 46.3 Å². The molecule has 1 heterocycles. The topological polar surface area (TPSA) is 24.7 Å². The lowest BCUT2D eigenvalue weighted by Gasteiger charge is -2.37. The van der Waals surface area contributed by atoms with E-state index < -0.39 is 0 Å². The number of allylic oxidation sites excluding steroid dienone is 1. The van der Waals surface area contributed by atoms with E-state index in [1.54, 1.807) is 0 Å². The van der Waals surface area contributed by atoms with E-state index in [-0.39, 0.29) is 16.4 Å². The molecule has 0 saturated heterocycles. The zero-order valence-corrected chi connectivity index (χ0v) is 12.8. The van der Waals surface area contributed by atoms with Gasteiger partial charge < -0.3 is 0 Å². The monoisotopic (exact) mass is 255 g/mol. The summed E-state index contributed by atoms with van der Waals surface area (Å²) in [5, 5.41) is 9.15. The third-order valence-corrected chi connectivity index (χ3v) is 3.73. The summed E-state index contributed by atoms with van der Waals surface area (Å²) in [6, 6.07) is 11.1. The average Bonchev–Trinajstić information content (AvgIpc) is 2.75. The van der Waals surface area contributed by atoms with Gasteiger partial charge in [0.05, 0.1) is 5.70 Å². The van der Waals surface area contributed by atoms with Gasteiger partial charge in [-0.2, -0.15) is 10.2 Å². The van der Waals surface area contributed by atoms with Gasteiger partial charge in [0.25, 0.3) is 0 Å². The SMILES string of the molecule is CC(C)(C)C1=CC(c2cc[c]cc2)(C(C)(C)C)N=N1. The predicted octanol–water partition coefficient (Wildman–Crippen LogP) is 5.12. The summed E-state index contributed by atoms with van der Waals surface area (Å²) >= 11 is 0. The summed E-state index contributed by atoms with van der Waals surface area (Å²) < 4.78 is 0. The second-order valence-corrected chi connectivity index (χ2v) is 7.28. The molecule has 0 amide bonds. The highest BCUT2D eigenvalue weighted by Gasteiger charge is 2.46. The number of rotatable bonds is 1. The highest BCUT2D eigenvalue weighted by molar-refractivity contribution is 5.37. The van der Waals surface area contributed by atoms with Gasteiger partial charge >= 0.3 is 0 Å². The third-order valence-electron chi connectivity index (χ3n) is 3.73. The molecule has 0 aromatic heterocycles. The quantitative estimate of drug-likeness (QED) is 0.665. The minimum atomic E-state index is -0.370. The molecule has 0 N–H and O–H groups in total. The van der Waals surface area contributed by atoms with Gasteiger partial charge in [0, 0.05) is 5.41 Å². The summed E-state index contributed by atoms with van der Waals surface area (Å²) in [5.41, 5.74) is 1.88. The van der Waals surface area contributed by atoms with Crippen LogP contribution in [0.1, 0.15) is 47.1 Å². The zero-order chi connectivity index (χ0) is 14.3. The first-order chi connectivity index (χ1) is 8.67. The molecule has 1 aromatic carbocycles. The maximum absolute atomic E-state index is 4.68. The fourth-order valence-corrected chi connectivity index (χ4v) is 2.34. The molecule has 2 nitrogen and oxygen atoms in total. The molecule has 0 aliphatic carbocycles. The summed E-state index contributed by atoms with van der Waals surface area (Å²) in [6.45, 7) is 13.2. The van der Waals surface area contributed by atoms with Gasteiger partial charge in [-0.3, -0.25) is 0 Å². The van der Waals surface area contributed by atoms with Crippen LogP contribution in [-0.4, -0.2) is 0 Å².